The maximum absolute atomic E-state index is 12.6. The summed E-state index contributed by atoms with van der Waals surface area (Å²) in [5.41, 5.74) is 1.36. The molecule has 0 aliphatic heterocycles. The second kappa shape index (κ2) is 6.08. The Morgan fingerprint density at radius 1 is 1.25 bits per heavy atom. The number of hydrogen-bond donors (Lipinski definition) is 3. The highest BCUT2D eigenvalue weighted by Gasteiger charge is 2.15. The van der Waals surface area contributed by atoms with Crippen LogP contribution in [-0.2, 0) is 0 Å². The number of methoxy groups -OCH3 is 1. The number of fused-ring (bicyclic) bond motifs is 1. The number of pyridine rings is 1. The van der Waals surface area contributed by atoms with Crippen LogP contribution in [0.5, 0.6) is 11.5 Å². The van der Waals surface area contributed by atoms with E-state index in [0.717, 1.165) is 5.56 Å². The number of nitrogens with one attached hydrogen (secondary N) is 2. The molecule has 0 fully saturated rings. The van der Waals surface area contributed by atoms with Crippen molar-refractivity contribution in [2.24, 2.45) is 0 Å². The highest BCUT2D eigenvalue weighted by Crippen LogP contribution is 2.23. The number of phenolic OH excluding ortho intramolecular Hbond substituents is 1. The van der Waals surface area contributed by atoms with E-state index in [0.29, 0.717) is 22.3 Å². The standard InChI is InChI=1S/C18H16N2O4/c1-10-6-7-11(21)8-14(10)20-18(23)13-9-19-16-12(17(13)22)4-3-5-15(16)24-2/h3-9,21H,1-2H3,(H,19,22)(H,20,23). The minimum absolute atomic E-state index is 0.0153. The average molecular weight is 324 g/mol. The molecule has 0 atom stereocenters. The largest absolute Gasteiger partial charge is 0.508 e. The molecule has 0 saturated heterocycles. The number of hydrogen-bond acceptors (Lipinski definition) is 4. The Hall–Kier alpha value is -3.28. The topological polar surface area (TPSA) is 91.4 Å². The first-order valence-corrected chi connectivity index (χ1v) is 7.30. The molecule has 3 N–H and O–H groups in total. The van der Waals surface area contributed by atoms with Crippen molar-refractivity contribution < 1.29 is 14.6 Å². The van der Waals surface area contributed by atoms with Crippen molar-refractivity contribution in [2.45, 2.75) is 6.92 Å². The monoisotopic (exact) mass is 324 g/mol. The molecule has 0 unspecified atom stereocenters. The molecule has 6 heteroatoms. The van der Waals surface area contributed by atoms with Crippen LogP contribution in [0.3, 0.4) is 0 Å². The van der Waals surface area contributed by atoms with Crippen molar-refractivity contribution in [1.29, 1.82) is 0 Å². The molecule has 0 bridgehead atoms. The van der Waals surface area contributed by atoms with Crippen LogP contribution >= 0.6 is 0 Å². The van der Waals surface area contributed by atoms with Crippen LogP contribution < -0.4 is 15.5 Å². The molecule has 3 aromatic rings. The Bertz CT molecular complexity index is 992. The second-order valence-corrected chi connectivity index (χ2v) is 5.37. The van der Waals surface area contributed by atoms with Gasteiger partial charge in [-0.15, -0.1) is 0 Å². The van der Waals surface area contributed by atoms with Gasteiger partial charge in [-0.2, -0.15) is 0 Å². The number of benzene rings is 2. The number of carbonyl (C=O) groups is 1. The molecule has 122 valence electrons. The van der Waals surface area contributed by atoms with Gasteiger partial charge in [0.05, 0.1) is 18.0 Å². The lowest BCUT2D eigenvalue weighted by molar-refractivity contribution is 0.102. The van der Waals surface area contributed by atoms with Gasteiger partial charge in [0, 0.05) is 18.0 Å². The van der Waals surface area contributed by atoms with Crippen molar-refractivity contribution >= 4 is 22.5 Å². The highest BCUT2D eigenvalue weighted by atomic mass is 16.5. The van der Waals surface area contributed by atoms with Crippen molar-refractivity contribution in [2.75, 3.05) is 12.4 Å². The van der Waals surface area contributed by atoms with Gasteiger partial charge in [-0.25, -0.2) is 0 Å². The van der Waals surface area contributed by atoms with Gasteiger partial charge in [0.1, 0.15) is 17.1 Å². The van der Waals surface area contributed by atoms with Gasteiger partial charge >= 0.3 is 0 Å². The number of rotatable bonds is 3. The predicted molar refractivity (Wildman–Crippen MR) is 91.9 cm³/mol. The summed E-state index contributed by atoms with van der Waals surface area (Å²) >= 11 is 0. The van der Waals surface area contributed by atoms with Crippen molar-refractivity contribution in [1.82, 2.24) is 4.98 Å². The van der Waals surface area contributed by atoms with Gasteiger partial charge in [0.25, 0.3) is 5.91 Å². The zero-order valence-corrected chi connectivity index (χ0v) is 13.2. The van der Waals surface area contributed by atoms with Gasteiger partial charge in [-0.3, -0.25) is 9.59 Å². The molecule has 0 aliphatic carbocycles. The van der Waals surface area contributed by atoms with Gasteiger partial charge in [-0.05, 0) is 30.7 Å². The lowest BCUT2D eigenvalue weighted by atomic mass is 10.1. The molecule has 6 nitrogen and oxygen atoms in total. The number of anilines is 1. The summed E-state index contributed by atoms with van der Waals surface area (Å²) < 4.78 is 5.21. The molecule has 3 rings (SSSR count). The SMILES string of the molecule is COc1cccc2c(=O)c(C(=O)Nc3cc(O)ccc3C)c[nH]c12. The lowest BCUT2D eigenvalue weighted by Gasteiger charge is -2.10. The summed E-state index contributed by atoms with van der Waals surface area (Å²) in [6.07, 6.45) is 1.36. The van der Waals surface area contributed by atoms with Crippen LogP contribution in [0.2, 0.25) is 0 Å². The first kappa shape index (κ1) is 15.6. The number of aromatic hydroxyl groups is 1. The summed E-state index contributed by atoms with van der Waals surface area (Å²) in [7, 11) is 1.51. The summed E-state index contributed by atoms with van der Waals surface area (Å²) in [4.78, 5) is 28.0. The smallest absolute Gasteiger partial charge is 0.261 e. The fourth-order valence-corrected chi connectivity index (χ4v) is 2.50. The van der Waals surface area contributed by atoms with E-state index in [4.69, 9.17) is 4.74 Å². The average Bonchev–Trinajstić information content (AvgIpc) is 2.58. The fraction of sp³-hybridized carbons (Fsp3) is 0.111. The quantitative estimate of drug-likeness (QED) is 0.691. The first-order chi connectivity index (χ1) is 11.5. The molecular formula is C18H16N2O4. The first-order valence-electron chi connectivity index (χ1n) is 7.30. The van der Waals surface area contributed by atoms with Gasteiger partial charge in [0.2, 0.25) is 5.43 Å². The summed E-state index contributed by atoms with van der Waals surface area (Å²) in [6, 6.07) is 9.70. The maximum Gasteiger partial charge on any atom is 0.261 e. The number of aromatic nitrogens is 1. The van der Waals surface area contributed by atoms with Crippen LogP contribution in [0, 0.1) is 6.92 Å². The van der Waals surface area contributed by atoms with Gasteiger partial charge in [-0.1, -0.05) is 12.1 Å². The molecule has 1 heterocycles. The van der Waals surface area contributed by atoms with E-state index in [1.54, 1.807) is 31.2 Å². The molecule has 0 saturated carbocycles. The maximum atomic E-state index is 12.6. The van der Waals surface area contributed by atoms with Gasteiger partial charge in [0.15, 0.2) is 0 Å². The Labute approximate surface area is 137 Å². The summed E-state index contributed by atoms with van der Waals surface area (Å²) in [5, 5.41) is 12.6. The Balaban J connectivity index is 2.03. The number of carbonyl (C=O) groups excluding carboxylic acids is 1. The number of H-pyrrole nitrogens is 1. The molecule has 0 radical (unpaired) electrons. The Morgan fingerprint density at radius 2 is 2.04 bits per heavy atom. The lowest BCUT2D eigenvalue weighted by Crippen LogP contribution is -2.22. The van der Waals surface area contributed by atoms with E-state index >= 15 is 0 Å². The van der Waals surface area contributed by atoms with E-state index in [2.05, 4.69) is 10.3 Å². The number of aromatic amines is 1. The highest BCUT2D eigenvalue weighted by molar-refractivity contribution is 6.06. The van der Waals surface area contributed by atoms with Crippen LogP contribution in [0.4, 0.5) is 5.69 Å². The van der Waals surface area contributed by atoms with Crippen LogP contribution in [-0.4, -0.2) is 23.1 Å². The molecule has 24 heavy (non-hydrogen) atoms. The van der Waals surface area contributed by atoms with E-state index in [-0.39, 0.29) is 11.3 Å². The Kier molecular flexibility index (Phi) is 3.95. The van der Waals surface area contributed by atoms with Crippen LogP contribution in [0.1, 0.15) is 15.9 Å². The number of ether oxygens (including phenoxy) is 1. The number of para-hydroxylation sites is 1. The third-order valence-electron chi connectivity index (χ3n) is 3.81. The van der Waals surface area contributed by atoms with Crippen molar-refractivity contribution in [3.63, 3.8) is 0 Å². The minimum Gasteiger partial charge on any atom is -0.508 e. The normalized spacial score (nSPS) is 10.6. The van der Waals surface area contributed by atoms with E-state index in [9.17, 15) is 14.7 Å². The number of phenols is 1. The van der Waals surface area contributed by atoms with Gasteiger partial charge < -0.3 is 20.1 Å². The summed E-state index contributed by atoms with van der Waals surface area (Å²) in [6.45, 7) is 1.80. The minimum atomic E-state index is -0.547. The molecule has 0 aliphatic rings. The molecule has 1 aromatic heterocycles. The van der Waals surface area contributed by atoms with E-state index in [1.165, 1.54) is 25.4 Å². The number of amides is 1. The second-order valence-electron chi connectivity index (χ2n) is 5.37. The third kappa shape index (κ3) is 2.69. The van der Waals surface area contributed by atoms with E-state index < -0.39 is 11.3 Å². The number of aryl methyl sites for hydroxylation is 1. The van der Waals surface area contributed by atoms with Crippen LogP contribution in [0.25, 0.3) is 10.9 Å². The molecule has 2 aromatic carbocycles. The Morgan fingerprint density at radius 3 is 2.79 bits per heavy atom. The van der Waals surface area contributed by atoms with Crippen molar-refractivity contribution in [3.05, 3.63) is 63.9 Å². The third-order valence-corrected chi connectivity index (χ3v) is 3.81. The predicted octanol–water partition coefficient (Wildman–Crippen LogP) is 2.80. The molecule has 1 amide bonds. The van der Waals surface area contributed by atoms with E-state index in [1.807, 2.05) is 0 Å². The molecule has 0 spiro atoms. The fourth-order valence-electron chi connectivity index (χ4n) is 2.50. The van der Waals surface area contributed by atoms with Crippen LogP contribution in [0.15, 0.2) is 47.4 Å². The zero-order valence-electron chi connectivity index (χ0n) is 13.2. The van der Waals surface area contributed by atoms with Crippen molar-refractivity contribution in [3.8, 4) is 11.5 Å². The summed E-state index contributed by atoms with van der Waals surface area (Å²) in [5.74, 6) is 0.0168. The molecular weight excluding hydrogens is 308 g/mol. The zero-order chi connectivity index (χ0) is 17.3.